The van der Waals surface area contributed by atoms with Crippen LogP contribution in [0, 0.1) is 5.92 Å². The molecule has 1 atom stereocenters. The Balaban J connectivity index is 1.82. The van der Waals surface area contributed by atoms with Gasteiger partial charge in [0, 0.05) is 25.1 Å². The zero-order valence-corrected chi connectivity index (χ0v) is 10.2. The minimum Gasteiger partial charge on any atom is -0.385 e. The van der Waals surface area contributed by atoms with E-state index in [4.69, 9.17) is 0 Å². The molecule has 0 amide bonds. The van der Waals surface area contributed by atoms with Gasteiger partial charge in [-0.2, -0.15) is 0 Å². The lowest BCUT2D eigenvalue weighted by atomic mass is 10.1. The number of aryl methyl sites for hydroxylation is 1. The fourth-order valence-corrected chi connectivity index (χ4v) is 2.34. The summed E-state index contributed by atoms with van der Waals surface area (Å²) in [6, 6.07) is 8.19. The zero-order chi connectivity index (χ0) is 12.3. The molecule has 1 N–H and O–H groups in total. The Bertz CT molecular complexity index is 359. The summed E-state index contributed by atoms with van der Waals surface area (Å²) in [5.41, 5.74) is 2.32. The first-order chi connectivity index (χ1) is 8.09. The molecule has 0 radical (unpaired) electrons. The number of hydrogen-bond donors (Lipinski definition) is 1. The summed E-state index contributed by atoms with van der Waals surface area (Å²) in [5, 5.41) is 3.24. The van der Waals surface area contributed by atoms with Crippen LogP contribution in [0.15, 0.2) is 24.3 Å². The normalized spacial score (nSPS) is 22.6. The average molecular weight is 239 g/mol. The van der Waals surface area contributed by atoms with E-state index in [1.165, 1.54) is 5.56 Å². The topological polar surface area (TPSA) is 12.0 Å². The van der Waals surface area contributed by atoms with Gasteiger partial charge in [0.25, 0.3) is 0 Å². The van der Waals surface area contributed by atoms with E-state index in [2.05, 4.69) is 24.4 Å². The monoisotopic (exact) mass is 239 g/mol. The molecule has 1 nitrogen and oxygen atoms in total. The summed E-state index contributed by atoms with van der Waals surface area (Å²) in [6.07, 6.45) is 1.74. The third kappa shape index (κ3) is 3.42. The average Bonchev–Trinajstić information content (AvgIpc) is 2.67. The molecule has 2 rings (SSSR count). The summed E-state index contributed by atoms with van der Waals surface area (Å²) in [6.45, 7) is 2.77. The first-order valence-corrected chi connectivity index (χ1v) is 6.30. The lowest BCUT2D eigenvalue weighted by molar-refractivity contribution is 0.00556. The summed E-state index contributed by atoms with van der Waals surface area (Å²) in [7, 11) is 0. The molecule has 3 heteroatoms. The summed E-state index contributed by atoms with van der Waals surface area (Å²) in [5.74, 6) is -2.32. The van der Waals surface area contributed by atoms with Gasteiger partial charge in [-0.05, 0) is 36.5 Å². The predicted octanol–water partition coefficient (Wildman–Crippen LogP) is 4.10. The van der Waals surface area contributed by atoms with Crippen molar-refractivity contribution in [3.8, 4) is 0 Å². The van der Waals surface area contributed by atoms with Gasteiger partial charge >= 0.3 is 0 Å². The molecule has 0 saturated heterocycles. The summed E-state index contributed by atoms with van der Waals surface area (Å²) >= 11 is 0. The Labute approximate surface area is 101 Å². The second-order valence-electron chi connectivity index (χ2n) is 4.90. The Hall–Kier alpha value is -1.12. The third-order valence-corrected chi connectivity index (χ3v) is 3.46. The minimum absolute atomic E-state index is 0.0348. The molecular formula is C14H19F2N. The number of rotatable bonds is 4. The van der Waals surface area contributed by atoms with Crippen LogP contribution in [0.25, 0.3) is 0 Å². The van der Waals surface area contributed by atoms with Crippen molar-refractivity contribution < 1.29 is 8.78 Å². The smallest absolute Gasteiger partial charge is 0.248 e. The van der Waals surface area contributed by atoms with Gasteiger partial charge in [-0.1, -0.05) is 19.1 Å². The van der Waals surface area contributed by atoms with Gasteiger partial charge in [0.1, 0.15) is 0 Å². The second-order valence-corrected chi connectivity index (χ2v) is 4.90. The first kappa shape index (κ1) is 12.3. The van der Waals surface area contributed by atoms with Gasteiger partial charge in [0.05, 0.1) is 0 Å². The van der Waals surface area contributed by atoms with Crippen molar-refractivity contribution >= 4 is 5.69 Å². The molecule has 0 bridgehead atoms. The number of alkyl halides is 2. The summed E-state index contributed by atoms with van der Waals surface area (Å²) < 4.78 is 26.0. The predicted molar refractivity (Wildman–Crippen MR) is 66.6 cm³/mol. The van der Waals surface area contributed by atoms with Crippen LogP contribution >= 0.6 is 0 Å². The Morgan fingerprint density at radius 1 is 1.29 bits per heavy atom. The fraction of sp³-hybridized carbons (Fsp3) is 0.571. The maximum Gasteiger partial charge on any atom is 0.248 e. The van der Waals surface area contributed by atoms with Crippen LogP contribution in [-0.2, 0) is 6.42 Å². The Morgan fingerprint density at radius 2 is 2.00 bits per heavy atom. The van der Waals surface area contributed by atoms with E-state index < -0.39 is 5.92 Å². The number of benzene rings is 1. The van der Waals surface area contributed by atoms with E-state index >= 15 is 0 Å². The number of halogens is 2. The van der Waals surface area contributed by atoms with Gasteiger partial charge < -0.3 is 5.32 Å². The second kappa shape index (κ2) is 5.03. The fourth-order valence-electron chi connectivity index (χ4n) is 2.34. The minimum atomic E-state index is -2.43. The van der Waals surface area contributed by atoms with Crippen molar-refractivity contribution in [1.29, 1.82) is 0 Å². The molecule has 1 fully saturated rings. The van der Waals surface area contributed by atoms with Crippen LogP contribution in [0.5, 0.6) is 0 Å². The van der Waals surface area contributed by atoms with Gasteiger partial charge in [0.15, 0.2) is 0 Å². The molecule has 0 heterocycles. The highest BCUT2D eigenvalue weighted by Crippen LogP contribution is 2.38. The molecule has 1 aromatic carbocycles. The number of anilines is 1. The van der Waals surface area contributed by atoms with Crippen LogP contribution in [0.3, 0.4) is 0 Å². The first-order valence-electron chi connectivity index (χ1n) is 6.30. The third-order valence-electron chi connectivity index (χ3n) is 3.46. The SMILES string of the molecule is CCc1ccc(NCC2CCC(F)(F)C2)cc1. The van der Waals surface area contributed by atoms with E-state index in [1.54, 1.807) is 0 Å². The van der Waals surface area contributed by atoms with Crippen LogP contribution in [0.2, 0.25) is 0 Å². The molecule has 17 heavy (non-hydrogen) atoms. The zero-order valence-electron chi connectivity index (χ0n) is 10.2. The molecular weight excluding hydrogens is 220 g/mol. The van der Waals surface area contributed by atoms with E-state index in [-0.39, 0.29) is 18.8 Å². The quantitative estimate of drug-likeness (QED) is 0.834. The van der Waals surface area contributed by atoms with Gasteiger partial charge in [-0.25, -0.2) is 8.78 Å². The van der Waals surface area contributed by atoms with Crippen molar-refractivity contribution in [2.75, 3.05) is 11.9 Å². The lowest BCUT2D eigenvalue weighted by Crippen LogP contribution is -2.15. The number of hydrogen-bond acceptors (Lipinski definition) is 1. The van der Waals surface area contributed by atoms with E-state index in [0.29, 0.717) is 13.0 Å². The van der Waals surface area contributed by atoms with E-state index in [1.807, 2.05) is 12.1 Å². The maximum atomic E-state index is 13.0. The summed E-state index contributed by atoms with van der Waals surface area (Å²) in [4.78, 5) is 0. The Morgan fingerprint density at radius 3 is 2.53 bits per heavy atom. The van der Waals surface area contributed by atoms with Crippen molar-refractivity contribution in [2.24, 2.45) is 5.92 Å². The van der Waals surface area contributed by atoms with Crippen LogP contribution in [-0.4, -0.2) is 12.5 Å². The highest BCUT2D eigenvalue weighted by molar-refractivity contribution is 5.44. The van der Waals surface area contributed by atoms with Crippen molar-refractivity contribution in [2.45, 2.75) is 38.5 Å². The highest BCUT2D eigenvalue weighted by atomic mass is 19.3. The maximum absolute atomic E-state index is 13.0. The van der Waals surface area contributed by atoms with E-state index in [0.717, 1.165) is 12.1 Å². The number of nitrogens with one attached hydrogen (secondary N) is 1. The molecule has 0 aromatic heterocycles. The van der Waals surface area contributed by atoms with Crippen LogP contribution in [0.1, 0.15) is 31.7 Å². The van der Waals surface area contributed by atoms with E-state index in [9.17, 15) is 8.78 Å². The van der Waals surface area contributed by atoms with Crippen molar-refractivity contribution in [3.05, 3.63) is 29.8 Å². The molecule has 1 aromatic rings. The molecule has 94 valence electrons. The highest BCUT2D eigenvalue weighted by Gasteiger charge is 2.38. The van der Waals surface area contributed by atoms with Crippen LogP contribution < -0.4 is 5.32 Å². The molecule has 0 aliphatic heterocycles. The molecule has 1 saturated carbocycles. The Kier molecular flexibility index (Phi) is 3.65. The standard InChI is InChI=1S/C14H19F2N/c1-2-11-3-5-13(6-4-11)17-10-12-7-8-14(15,16)9-12/h3-6,12,17H,2,7-10H2,1H3. The van der Waals surface area contributed by atoms with Gasteiger partial charge in [-0.3, -0.25) is 0 Å². The molecule has 1 unspecified atom stereocenters. The van der Waals surface area contributed by atoms with Gasteiger partial charge in [-0.15, -0.1) is 0 Å². The molecule has 1 aliphatic carbocycles. The molecule has 1 aliphatic rings. The van der Waals surface area contributed by atoms with Crippen LogP contribution in [0.4, 0.5) is 14.5 Å². The van der Waals surface area contributed by atoms with Gasteiger partial charge in [0.2, 0.25) is 5.92 Å². The lowest BCUT2D eigenvalue weighted by Gasteiger charge is -2.13. The van der Waals surface area contributed by atoms with Crippen molar-refractivity contribution in [1.82, 2.24) is 0 Å². The molecule has 0 spiro atoms. The largest absolute Gasteiger partial charge is 0.385 e. The van der Waals surface area contributed by atoms with Crippen molar-refractivity contribution in [3.63, 3.8) is 0 Å².